The van der Waals surface area contributed by atoms with Gasteiger partial charge < -0.3 is 14.9 Å². The Balaban J connectivity index is 2.10. The third kappa shape index (κ3) is 2.30. The van der Waals surface area contributed by atoms with E-state index in [1.54, 1.807) is 0 Å². The summed E-state index contributed by atoms with van der Waals surface area (Å²) in [5, 5.41) is 0. The van der Waals surface area contributed by atoms with E-state index in [9.17, 15) is 0 Å². The fraction of sp³-hybridized carbons (Fsp3) is 0.455. The van der Waals surface area contributed by atoms with E-state index in [0.717, 1.165) is 25.2 Å². The van der Waals surface area contributed by atoms with E-state index >= 15 is 0 Å². The van der Waals surface area contributed by atoms with E-state index in [2.05, 4.69) is 21.5 Å². The molecule has 0 atom stereocenters. The fourth-order valence-electron chi connectivity index (χ4n) is 1.71. The van der Waals surface area contributed by atoms with Gasteiger partial charge in [0.15, 0.2) is 0 Å². The monoisotopic (exact) mass is 219 g/mol. The molecule has 16 heavy (non-hydrogen) atoms. The van der Waals surface area contributed by atoms with E-state index in [1.165, 1.54) is 5.69 Å². The maximum atomic E-state index is 5.52. The second kappa shape index (κ2) is 4.94. The third-order valence-electron chi connectivity index (χ3n) is 2.50. The quantitative estimate of drug-likeness (QED) is 0.816. The maximum absolute atomic E-state index is 5.52. The molecule has 0 aliphatic rings. The molecule has 2 N–H and O–H groups in total. The van der Waals surface area contributed by atoms with Crippen LogP contribution in [0.4, 0.5) is 0 Å². The van der Waals surface area contributed by atoms with Gasteiger partial charge in [0.2, 0.25) is 0 Å². The molecule has 0 saturated carbocycles. The topological polar surface area (TPSA) is 61.7 Å². The Bertz CT molecular complexity index is 443. The van der Waals surface area contributed by atoms with Crippen LogP contribution in [0.15, 0.2) is 25.0 Å². The smallest absolute Gasteiger partial charge is 0.0953 e. The van der Waals surface area contributed by atoms with Gasteiger partial charge in [-0.05, 0) is 6.42 Å². The minimum Gasteiger partial charge on any atom is -0.333 e. The number of nitrogens with two attached hydrogens (primary N) is 1. The third-order valence-corrected chi connectivity index (χ3v) is 2.50. The molecule has 0 fully saturated rings. The first kappa shape index (κ1) is 10.9. The predicted octanol–water partition coefficient (Wildman–Crippen LogP) is 0.997. The first-order valence-corrected chi connectivity index (χ1v) is 5.53. The largest absolute Gasteiger partial charge is 0.333 e. The van der Waals surface area contributed by atoms with Crippen molar-refractivity contribution in [3.05, 3.63) is 36.4 Å². The molecule has 0 saturated heterocycles. The van der Waals surface area contributed by atoms with E-state index < -0.39 is 0 Å². The number of hydrogen-bond donors (Lipinski definition) is 1. The highest BCUT2D eigenvalue weighted by Crippen LogP contribution is 2.05. The molecular weight excluding hydrogens is 202 g/mol. The number of aromatic nitrogens is 4. The van der Waals surface area contributed by atoms with Crippen molar-refractivity contribution in [2.45, 2.75) is 33.0 Å². The molecule has 0 aliphatic heterocycles. The Morgan fingerprint density at radius 2 is 2.25 bits per heavy atom. The summed E-state index contributed by atoms with van der Waals surface area (Å²) in [6.45, 7) is 4.45. The normalized spacial score (nSPS) is 10.9. The zero-order chi connectivity index (χ0) is 11.4. The lowest BCUT2D eigenvalue weighted by atomic mass is 10.4. The average Bonchev–Trinajstić information content (AvgIpc) is 2.90. The Hall–Kier alpha value is -1.62. The molecule has 86 valence electrons. The Labute approximate surface area is 94.9 Å². The zero-order valence-electron chi connectivity index (χ0n) is 9.50. The molecule has 5 heteroatoms. The molecular formula is C11H17N5. The van der Waals surface area contributed by atoms with Crippen LogP contribution in [0.2, 0.25) is 0 Å². The highest BCUT2D eigenvalue weighted by molar-refractivity contribution is 5.03. The van der Waals surface area contributed by atoms with Gasteiger partial charge >= 0.3 is 0 Å². The zero-order valence-corrected chi connectivity index (χ0v) is 9.50. The maximum Gasteiger partial charge on any atom is 0.0953 e. The van der Waals surface area contributed by atoms with Crippen molar-refractivity contribution in [3.8, 4) is 0 Å². The number of nitrogens with zero attached hydrogens (tertiary/aromatic N) is 4. The van der Waals surface area contributed by atoms with Gasteiger partial charge in [0.05, 0.1) is 30.6 Å². The molecule has 0 amide bonds. The Morgan fingerprint density at radius 1 is 1.38 bits per heavy atom. The predicted molar refractivity (Wildman–Crippen MR) is 61.7 cm³/mol. The number of imidazole rings is 2. The number of hydrogen-bond acceptors (Lipinski definition) is 3. The lowest BCUT2D eigenvalue weighted by Crippen LogP contribution is -2.05. The van der Waals surface area contributed by atoms with E-state index in [-0.39, 0.29) is 0 Å². The van der Waals surface area contributed by atoms with E-state index in [0.29, 0.717) is 6.54 Å². The summed E-state index contributed by atoms with van der Waals surface area (Å²) in [4.78, 5) is 8.37. The molecule has 0 bridgehead atoms. The Kier molecular flexibility index (Phi) is 3.36. The summed E-state index contributed by atoms with van der Waals surface area (Å²) in [5.74, 6) is 0. The summed E-state index contributed by atoms with van der Waals surface area (Å²) >= 11 is 0. The van der Waals surface area contributed by atoms with Gasteiger partial charge in [-0.3, -0.25) is 0 Å². The van der Waals surface area contributed by atoms with Crippen LogP contribution in [0.5, 0.6) is 0 Å². The standard InChI is InChI=1S/C11H17N5/c1-2-3-16-8-13-5-11(16)7-15-6-10(4-12)14-9-15/h5-6,8-9H,2-4,7,12H2,1H3. The molecule has 2 aromatic rings. The van der Waals surface area contributed by atoms with Crippen molar-refractivity contribution < 1.29 is 0 Å². The second-order valence-corrected chi connectivity index (χ2v) is 3.82. The number of rotatable bonds is 5. The van der Waals surface area contributed by atoms with Crippen molar-refractivity contribution in [2.75, 3.05) is 0 Å². The minimum atomic E-state index is 0.487. The minimum absolute atomic E-state index is 0.487. The van der Waals surface area contributed by atoms with Crippen molar-refractivity contribution in [2.24, 2.45) is 5.73 Å². The summed E-state index contributed by atoms with van der Waals surface area (Å²) in [6.07, 6.45) is 8.67. The second-order valence-electron chi connectivity index (χ2n) is 3.82. The number of aryl methyl sites for hydroxylation is 1. The lowest BCUT2D eigenvalue weighted by Gasteiger charge is -2.06. The molecule has 0 aliphatic carbocycles. The van der Waals surface area contributed by atoms with Gasteiger partial charge in [-0.15, -0.1) is 0 Å². The van der Waals surface area contributed by atoms with Crippen LogP contribution in [0.3, 0.4) is 0 Å². The highest BCUT2D eigenvalue weighted by Gasteiger charge is 2.03. The molecule has 2 aromatic heterocycles. The van der Waals surface area contributed by atoms with Crippen LogP contribution >= 0.6 is 0 Å². The van der Waals surface area contributed by atoms with Gasteiger partial charge in [-0.25, -0.2) is 9.97 Å². The van der Waals surface area contributed by atoms with Crippen molar-refractivity contribution in [3.63, 3.8) is 0 Å². The van der Waals surface area contributed by atoms with Crippen LogP contribution < -0.4 is 5.73 Å². The van der Waals surface area contributed by atoms with E-state index in [4.69, 9.17) is 5.73 Å². The molecule has 0 spiro atoms. The van der Waals surface area contributed by atoms with Crippen molar-refractivity contribution >= 4 is 0 Å². The van der Waals surface area contributed by atoms with Crippen molar-refractivity contribution in [1.29, 1.82) is 0 Å². The molecule has 5 nitrogen and oxygen atoms in total. The van der Waals surface area contributed by atoms with Crippen LogP contribution in [0, 0.1) is 0 Å². The van der Waals surface area contributed by atoms with Crippen LogP contribution in [0.1, 0.15) is 24.7 Å². The molecule has 2 rings (SSSR count). The van der Waals surface area contributed by atoms with E-state index in [1.807, 2.05) is 29.6 Å². The van der Waals surface area contributed by atoms with Gasteiger partial charge in [-0.1, -0.05) is 6.92 Å². The molecule has 0 radical (unpaired) electrons. The molecule has 0 unspecified atom stereocenters. The Morgan fingerprint density at radius 3 is 2.94 bits per heavy atom. The van der Waals surface area contributed by atoms with Crippen LogP contribution in [0.25, 0.3) is 0 Å². The first-order chi connectivity index (χ1) is 7.83. The summed E-state index contributed by atoms with van der Waals surface area (Å²) in [7, 11) is 0. The summed E-state index contributed by atoms with van der Waals surface area (Å²) in [5.41, 5.74) is 7.64. The average molecular weight is 219 g/mol. The SMILES string of the molecule is CCCn1cncc1Cn1cnc(CN)c1. The van der Waals surface area contributed by atoms with Gasteiger partial charge in [0, 0.05) is 25.5 Å². The van der Waals surface area contributed by atoms with Gasteiger partial charge in [0.1, 0.15) is 0 Å². The van der Waals surface area contributed by atoms with Gasteiger partial charge in [-0.2, -0.15) is 0 Å². The lowest BCUT2D eigenvalue weighted by molar-refractivity contribution is 0.623. The molecule has 0 aromatic carbocycles. The van der Waals surface area contributed by atoms with Crippen LogP contribution in [-0.2, 0) is 19.6 Å². The molecule has 2 heterocycles. The summed E-state index contributed by atoms with van der Waals surface area (Å²) < 4.78 is 4.20. The van der Waals surface area contributed by atoms with Gasteiger partial charge in [0.25, 0.3) is 0 Å². The fourth-order valence-corrected chi connectivity index (χ4v) is 1.71. The highest BCUT2D eigenvalue weighted by atomic mass is 15.1. The summed E-state index contributed by atoms with van der Waals surface area (Å²) in [6, 6.07) is 0. The first-order valence-electron chi connectivity index (χ1n) is 5.53. The van der Waals surface area contributed by atoms with Crippen LogP contribution in [-0.4, -0.2) is 19.1 Å². The van der Waals surface area contributed by atoms with Crippen molar-refractivity contribution in [1.82, 2.24) is 19.1 Å².